The van der Waals surface area contributed by atoms with Crippen LogP contribution in [0.3, 0.4) is 0 Å². The molecule has 184 valence electrons. The first-order chi connectivity index (χ1) is 17.1. The van der Waals surface area contributed by atoms with Crippen molar-refractivity contribution < 1.29 is 9.13 Å². The van der Waals surface area contributed by atoms with Crippen molar-refractivity contribution in [2.45, 2.75) is 31.2 Å². The van der Waals surface area contributed by atoms with Gasteiger partial charge in [0.05, 0.1) is 29.1 Å². The number of fused-ring (bicyclic) bond motifs is 2. The molecule has 2 fully saturated rings. The van der Waals surface area contributed by atoms with Crippen molar-refractivity contribution in [2.75, 3.05) is 46.9 Å². The van der Waals surface area contributed by atoms with E-state index in [0.29, 0.717) is 19.2 Å². The van der Waals surface area contributed by atoms with Gasteiger partial charge in [0.25, 0.3) is 0 Å². The second-order valence-corrected chi connectivity index (χ2v) is 11.0. The Balaban J connectivity index is 1.36. The van der Waals surface area contributed by atoms with Gasteiger partial charge in [-0.15, -0.1) is 11.3 Å². The number of aromatic nitrogens is 3. The molecule has 1 N–H and O–H groups in total. The number of ether oxygens (including phenoxy) is 1. The minimum atomic E-state index is -0.236. The first-order valence-electron chi connectivity index (χ1n) is 12.3. The van der Waals surface area contributed by atoms with Crippen molar-refractivity contribution >= 4 is 32.5 Å². The van der Waals surface area contributed by atoms with Crippen LogP contribution in [0.5, 0.6) is 0 Å². The monoisotopic (exact) mass is 494 g/mol. The van der Waals surface area contributed by atoms with Crippen molar-refractivity contribution in [2.24, 2.45) is 0 Å². The normalized spacial score (nSPS) is 23.4. The summed E-state index contributed by atoms with van der Waals surface area (Å²) in [4.78, 5) is 20.7. The lowest BCUT2D eigenvalue weighted by Gasteiger charge is -2.46. The molecule has 0 bridgehead atoms. The van der Waals surface area contributed by atoms with Crippen LogP contribution in [0.25, 0.3) is 21.1 Å². The number of benzene rings is 1. The number of hydrogen-bond acceptors (Lipinski definition) is 7. The van der Waals surface area contributed by atoms with Gasteiger partial charge in [-0.2, -0.15) is 0 Å². The molecule has 6 rings (SSSR count). The zero-order chi connectivity index (χ0) is 23.9. The van der Waals surface area contributed by atoms with Gasteiger partial charge in [0.1, 0.15) is 12.1 Å². The number of halogens is 1. The number of rotatable bonds is 5. The van der Waals surface area contributed by atoms with Crippen LogP contribution in [-0.2, 0) is 4.74 Å². The van der Waals surface area contributed by atoms with Crippen LogP contribution in [-0.4, -0.2) is 82.6 Å². The van der Waals surface area contributed by atoms with Gasteiger partial charge in [0.15, 0.2) is 0 Å². The zero-order valence-electron chi connectivity index (χ0n) is 20.2. The van der Waals surface area contributed by atoms with E-state index >= 15 is 0 Å². The number of aromatic amines is 1. The van der Waals surface area contributed by atoms with Crippen LogP contribution in [0.2, 0.25) is 0 Å². The van der Waals surface area contributed by atoms with Gasteiger partial charge < -0.3 is 14.6 Å². The third-order valence-electron chi connectivity index (χ3n) is 7.43. The molecule has 9 heteroatoms. The number of thiophene rings is 1. The Morgan fingerprint density at radius 2 is 2.09 bits per heavy atom. The highest BCUT2D eigenvalue weighted by atomic mass is 32.1. The Labute approximate surface area is 208 Å². The third kappa shape index (κ3) is 4.47. The molecular formula is C26H31FN6OS. The van der Waals surface area contributed by atoms with Crippen molar-refractivity contribution in [3.8, 4) is 0 Å². The molecule has 4 aromatic rings. The molecule has 0 amide bonds. The minimum Gasteiger partial charge on any atom is -0.371 e. The molecule has 0 spiro atoms. The van der Waals surface area contributed by atoms with Gasteiger partial charge in [0, 0.05) is 60.4 Å². The van der Waals surface area contributed by atoms with E-state index in [1.807, 2.05) is 18.5 Å². The summed E-state index contributed by atoms with van der Waals surface area (Å²) in [5.41, 5.74) is 2.72. The van der Waals surface area contributed by atoms with Crippen LogP contribution in [0, 0.1) is 5.82 Å². The van der Waals surface area contributed by atoms with E-state index in [-0.39, 0.29) is 18.1 Å². The Morgan fingerprint density at radius 3 is 2.94 bits per heavy atom. The predicted octanol–water partition coefficient (Wildman–Crippen LogP) is 4.41. The van der Waals surface area contributed by atoms with Crippen LogP contribution < -0.4 is 0 Å². The first-order valence-corrected chi connectivity index (χ1v) is 13.1. The average molecular weight is 495 g/mol. The van der Waals surface area contributed by atoms with E-state index in [0.717, 1.165) is 46.3 Å². The van der Waals surface area contributed by atoms with E-state index in [1.165, 1.54) is 17.7 Å². The third-order valence-corrected chi connectivity index (χ3v) is 8.53. The molecule has 0 radical (unpaired) electrons. The smallest absolute Gasteiger partial charge is 0.125 e. The number of nitrogens with zero attached hydrogens (tertiary/aromatic N) is 5. The van der Waals surface area contributed by atoms with E-state index < -0.39 is 0 Å². The highest BCUT2D eigenvalue weighted by molar-refractivity contribution is 7.19. The molecular weight excluding hydrogens is 463 g/mol. The fourth-order valence-corrected chi connectivity index (χ4v) is 6.81. The number of hydrogen-bond donors (Lipinski definition) is 1. The van der Waals surface area contributed by atoms with Crippen molar-refractivity contribution in [1.82, 2.24) is 29.7 Å². The van der Waals surface area contributed by atoms with Crippen molar-refractivity contribution in [3.63, 3.8) is 0 Å². The number of likely N-dealkylation sites (tertiary alicyclic amines) is 1. The summed E-state index contributed by atoms with van der Waals surface area (Å²) in [5.74, 6) is -0.236. The Morgan fingerprint density at radius 1 is 1.20 bits per heavy atom. The van der Waals surface area contributed by atoms with Gasteiger partial charge in [-0.1, -0.05) is 0 Å². The molecule has 2 aliphatic rings. The van der Waals surface area contributed by atoms with Gasteiger partial charge >= 0.3 is 0 Å². The molecule has 3 aromatic heterocycles. The Bertz CT molecular complexity index is 1290. The van der Waals surface area contributed by atoms with Gasteiger partial charge in [-0.05, 0) is 56.8 Å². The fraction of sp³-hybridized carbons (Fsp3) is 0.462. The standard InChI is InChI=1S/C26H31FN6OS/c1-31(2)18-4-3-7-32(14-18)26(24-12-22-25(35-24)13-28-16-30-22)33-8-9-34-23(15-33)20-10-17(27)11-21-19(20)5-6-29-21/h5-6,10-13,16,18,23,26,29H,3-4,7-9,14-15H2,1-2H3. The van der Waals surface area contributed by atoms with Crippen LogP contribution in [0.4, 0.5) is 4.39 Å². The molecule has 2 saturated heterocycles. The van der Waals surface area contributed by atoms with Crippen molar-refractivity contribution in [1.29, 1.82) is 0 Å². The summed E-state index contributed by atoms with van der Waals surface area (Å²) in [7, 11) is 4.35. The second-order valence-electron chi connectivity index (χ2n) is 9.84. The lowest BCUT2D eigenvalue weighted by atomic mass is 10.0. The zero-order valence-corrected chi connectivity index (χ0v) is 21.0. The van der Waals surface area contributed by atoms with E-state index in [9.17, 15) is 4.39 Å². The largest absolute Gasteiger partial charge is 0.371 e. The first kappa shape index (κ1) is 23.0. The van der Waals surface area contributed by atoms with Crippen LogP contribution in [0.1, 0.15) is 35.6 Å². The average Bonchev–Trinajstić information content (AvgIpc) is 3.51. The number of H-pyrrole nitrogens is 1. The number of piperidine rings is 1. The Kier molecular flexibility index (Phi) is 6.28. The number of likely N-dealkylation sites (N-methyl/N-ethyl adjacent to an activating group) is 1. The van der Waals surface area contributed by atoms with Crippen LogP contribution >= 0.6 is 11.3 Å². The molecule has 35 heavy (non-hydrogen) atoms. The molecule has 5 heterocycles. The molecule has 3 unspecified atom stereocenters. The topological polar surface area (TPSA) is 60.5 Å². The minimum absolute atomic E-state index is 0.124. The highest BCUT2D eigenvalue weighted by Gasteiger charge is 2.36. The Hall–Kier alpha value is -2.43. The van der Waals surface area contributed by atoms with E-state index in [1.54, 1.807) is 29.8 Å². The molecule has 3 atom stereocenters. The summed E-state index contributed by atoms with van der Waals surface area (Å²) < 4.78 is 21.8. The summed E-state index contributed by atoms with van der Waals surface area (Å²) >= 11 is 1.78. The SMILES string of the molecule is CN(C)C1CCCN(C(c2cc3ncncc3s2)N2CCOC(c3cc(F)cc4[nH]ccc34)C2)C1. The maximum Gasteiger partial charge on any atom is 0.125 e. The molecule has 1 aromatic carbocycles. The maximum absolute atomic E-state index is 14.5. The highest BCUT2D eigenvalue weighted by Crippen LogP contribution is 2.39. The molecule has 7 nitrogen and oxygen atoms in total. The lowest BCUT2D eigenvalue weighted by molar-refractivity contribution is -0.0843. The van der Waals surface area contributed by atoms with E-state index in [2.05, 4.69) is 49.8 Å². The quantitative estimate of drug-likeness (QED) is 0.444. The van der Waals surface area contributed by atoms with E-state index in [4.69, 9.17) is 4.74 Å². The van der Waals surface area contributed by atoms with Gasteiger partial charge in [0.2, 0.25) is 0 Å². The summed E-state index contributed by atoms with van der Waals surface area (Å²) in [6, 6.07) is 7.95. The number of morpholine rings is 1. The van der Waals surface area contributed by atoms with Crippen LogP contribution in [0.15, 0.2) is 43.0 Å². The van der Waals surface area contributed by atoms with Gasteiger partial charge in [-0.3, -0.25) is 9.80 Å². The van der Waals surface area contributed by atoms with Crippen molar-refractivity contribution in [3.05, 3.63) is 59.2 Å². The molecule has 2 aliphatic heterocycles. The maximum atomic E-state index is 14.5. The lowest BCUT2D eigenvalue weighted by Crippen LogP contribution is -2.52. The summed E-state index contributed by atoms with van der Waals surface area (Å²) in [5, 5.41) is 1.03. The summed E-state index contributed by atoms with van der Waals surface area (Å²) in [6.45, 7) is 4.22. The summed E-state index contributed by atoms with van der Waals surface area (Å²) in [6.07, 6.45) is 7.71. The second kappa shape index (κ2) is 9.55. The number of nitrogens with one attached hydrogen (secondary N) is 1. The molecule has 0 saturated carbocycles. The predicted molar refractivity (Wildman–Crippen MR) is 137 cm³/mol. The molecule has 0 aliphatic carbocycles. The fourth-order valence-electron chi connectivity index (χ4n) is 5.65. The van der Waals surface area contributed by atoms with Gasteiger partial charge in [-0.25, -0.2) is 14.4 Å².